The maximum atomic E-state index is 11.9. The highest BCUT2D eigenvalue weighted by atomic mass is 32.1. The second-order valence-corrected chi connectivity index (χ2v) is 5.15. The Morgan fingerprint density at radius 3 is 2.63 bits per heavy atom. The summed E-state index contributed by atoms with van der Waals surface area (Å²) < 4.78 is 35.8. The van der Waals surface area contributed by atoms with Crippen LogP contribution in [0.1, 0.15) is 29.9 Å². The van der Waals surface area contributed by atoms with Crippen molar-refractivity contribution in [2.75, 3.05) is 17.6 Å². The third-order valence-electron chi connectivity index (χ3n) is 1.97. The molecule has 5 nitrogen and oxygen atoms in total. The van der Waals surface area contributed by atoms with Gasteiger partial charge in [0.1, 0.15) is 10.7 Å². The standard InChI is InChI=1S/C10H15F3N4OS/c1-5(2)16-9-17-7(14)6(19-9)8(18)15-4-3-10(11,12)13/h5H,3-4,14H2,1-2H3,(H,15,18)(H,16,17). The Morgan fingerprint density at radius 2 is 2.11 bits per heavy atom. The van der Waals surface area contributed by atoms with Crippen LogP contribution in [0.5, 0.6) is 0 Å². The van der Waals surface area contributed by atoms with E-state index >= 15 is 0 Å². The van der Waals surface area contributed by atoms with E-state index < -0.39 is 25.0 Å². The highest BCUT2D eigenvalue weighted by Crippen LogP contribution is 2.25. The molecule has 108 valence electrons. The van der Waals surface area contributed by atoms with Gasteiger partial charge in [-0.25, -0.2) is 4.98 Å². The van der Waals surface area contributed by atoms with Crippen molar-refractivity contribution in [3.8, 4) is 0 Å². The van der Waals surface area contributed by atoms with Crippen LogP contribution in [0.2, 0.25) is 0 Å². The van der Waals surface area contributed by atoms with Crippen molar-refractivity contribution < 1.29 is 18.0 Å². The largest absolute Gasteiger partial charge is 0.390 e. The summed E-state index contributed by atoms with van der Waals surface area (Å²) in [5, 5.41) is 5.60. The molecule has 1 heterocycles. The number of nitrogens with zero attached hydrogens (tertiary/aromatic N) is 1. The van der Waals surface area contributed by atoms with Gasteiger partial charge in [-0.15, -0.1) is 0 Å². The number of thiazole rings is 1. The Labute approximate surface area is 112 Å². The summed E-state index contributed by atoms with van der Waals surface area (Å²) in [5.41, 5.74) is 5.55. The molecule has 0 saturated heterocycles. The first-order valence-corrected chi connectivity index (χ1v) is 6.38. The Morgan fingerprint density at radius 1 is 1.47 bits per heavy atom. The zero-order chi connectivity index (χ0) is 14.6. The molecule has 1 amide bonds. The van der Waals surface area contributed by atoms with Crippen LogP contribution in [0.15, 0.2) is 0 Å². The number of nitrogen functional groups attached to an aromatic ring is 1. The summed E-state index contributed by atoms with van der Waals surface area (Å²) in [5.74, 6) is -0.631. The Bertz CT molecular complexity index is 444. The summed E-state index contributed by atoms with van der Waals surface area (Å²) >= 11 is 1.01. The molecule has 1 aromatic heterocycles. The number of nitrogens with two attached hydrogens (primary N) is 1. The lowest BCUT2D eigenvalue weighted by Gasteiger charge is -2.06. The third kappa shape index (κ3) is 5.33. The van der Waals surface area contributed by atoms with Crippen LogP contribution >= 0.6 is 11.3 Å². The predicted molar refractivity (Wildman–Crippen MR) is 68.3 cm³/mol. The molecule has 1 rings (SSSR count). The van der Waals surface area contributed by atoms with E-state index in [0.717, 1.165) is 11.3 Å². The highest BCUT2D eigenvalue weighted by molar-refractivity contribution is 7.18. The number of halogens is 3. The average Bonchev–Trinajstić information content (AvgIpc) is 2.56. The van der Waals surface area contributed by atoms with Gasteiger partial charge in [-0.3, -0.25) is 4.79 Å². The van der Waals surface area contributed by atoms with Gasteiger partial charge in [-0.2, -0.15) is 13.2 Å². The maximum Gasteiger partial charge on any atom is 0.390 e. The number of alkyl halides is 3. The van der Waals surface area contributed by atoms with Gasteiger partial charge in [-0.05, 0) is 13.8 Å². The van der Waals surface area contributed by atoms with Crippen LogP contribution in [0.25, 0.3) is 0 Å². The van der Waals surface area contributed by atoms with Crippen molar-refractivity contribution in [3.05, 3.63) is 4.88 Å². The second-order valence-electron chi connectivity index (χ2n) is 4.15. The molecule has 0 fully saturated rings. The molecule has 0 unspecified atom stereocenters. The first kappa shape index (κ1) is 15.5. The number of hydrogen-bond donors (Lipinski definition) is 3. The molecule has 0 radical (unpaired) electrons. The highest BCUT2D eigenvalue weighted by Gasteiger charge is 2.27. The van der Waals surface area contributed by atoms with Crippen molar-refractivity contribution >= 4 is 28.2 Å². The molecule has 0 atom stereocenters. The molecule has 0 saturated carbocycles. The van der Waals surface area contributed by atoms with Crippen molar-refractivity contribution in [2.24, 2.45) is 0 Å². The summed E-state index contributed by atoms with van der Waals surface area (Å²) in [6, 6.07) is 0.117. The van der Waals surface area contributed by atoms with Crippen LogP contribution in [0.4, 0.5) is 24.1 Å². The fraction of sp³-hybridized carbons (Fsp3) is 0.600. The van der Waals surface area contributed by atoms with Crippen molar-refractivity contribution in [2.45, 2.75) is 32.5 Å². The zero-order valence-corrected chi connectivity index (χ0v) is 11.3. The molecule has 4 N–H and O–H groups in total. The molecule has 1 aromatic rings. The normalized spacial score (nSPS) is 11.7. The molecule has 0 aliphatic carbocycles. The van der Waals surface area contributed by atoms with E-state index in [0.29, 0.717) is 5.13 Å². The Kier molecular flexibility index (Phi) is 4.98. The molecule has 19 heavy (non-hydrogen) atoms. The van der Waals surface area contributed by atoms with E-state index in [1.54, 1.807) is 0 Å². The molecule has 0 aliphatic rings. The van der Waals surface area contributed by atoms with Gasteiger partial charge in [0.25, 0.3) is 5.91 Å². The molecule has 0 spiro atoms. The number of nitrogens with one attached hydrogen (secondary N) is 2. The van der Waals surface area contributed by atoms with Crippen molar-refractivity contribution in [3.63, 3.8) is 0 Å². The van der Waals surface area contributed by atoms with E-state index in [4.69, 9.17) is 5.73 Å². The van der Waals surface area contributed by atoms with Crippen LogP contribution in [-0.4, -0.2) is 29.7 Å². The van der Waals surface area contributed by atoms with Gasteiger partial charge in [-0.1, -0.05) is 11.3 Å². The Balaban J connectivity index is 2.59. The first-order valence-electron chi connectivity index (χ1n) is 5.57. The molecule has 0 aliphatic heterocycles. The monoisotopic (exact) mass is 296 g/mol. The lowest BCUT2D eigenvalue weighted by molar-refractivity contribution is -0.132. The summed E-state index contributed by atoms with van der Waals surface area (Å²) in [7, 11) is 0. The molecule has 9 heteroatoms. The maximum absolute atomic E-state index is 11.9. The van der Waals surface area contributed by atoms with E-state index in [2.05, 4.69) is 15.6 Å². The van der Waals surface area contributed by atoms with Gasteiger partial charge in [0.2, 0.25) is 0 Å². The van der Waals surface area contributed by atoms with E-state index in [-0.39, 0.29) is 16.7 Å². The van der Waals surface area contributed by atoms with Crippen LogP contribution < -0.4 is 16.4 Å². The fourth-order valence-electron chi connectivity index (χ4n) is 1.20. The molecule has 0 bridgehead atoms. The third-order valence-corrected chi connectivity index (χ3v) is 2.97. The minimum absolute atomic E-state index is 0.0117. The fourth-order valence-corrected chi connectivity index (χ4v) is 2.15. The lowest BCUT2D eigenvalue weighted by atomic mass is 10.4. The van der Waals surface area contributed by atoms with Gasteiger partial charge in [0, 0.05) is 12.6 Å². The van der Waals surface area contributed by atoms with Gasteiger partial charge < -0.3 is 16.4 Å². The topological polar surface area (TPSA) is 80.0 Å². The van der Waals surface area contributed by atoms with Crippen LogP contribution in [0.3, 0.4) is 0 Å². The lowest BCUT2D eigenvalue weighted by Crippen LogP contribution is -2.27. The average molecular weight is 296 g/mol. The number of rotatable bonds is 5. The van der Waals surface area contributed by atoms with Gasteiger partial charge >= 0.3 is 6.18 Å². The molecular formula is C10H15F3N4OS. The minimum Gasteiger partial charge on any atom is -0.382 e. The number of aromatic nitrogens is 1. The first-order chi connectivity index (χ1) is 8.69. The van der Waals surface area contributed by atoms with Gasteiger partial charge in [0.15, 0.2) is 5.13 Å². The Hall–Kier alpha value is -1.51. The minimum atomic E-state index is -4.29. The number of carbonyl (C=O) groups is 1. The van der Waals surface area contributed by atoms with E-state index in [1.807, 2.05) is 13.8 Å². The van der Waals surface area contributed by atoms with Crippen molar-refractivity contribution in [1.29, 1.82) is 0 Å². The number of amides is 1. The quantitative estimate of drug-likeness (QED) is 0.778. The number of hydrogen-bond acceptors (Lipinski definition) is 5. The van der Waals surface area contributed by atoms with E-state index in [1.165, 1.54) is 0 Å². The van der Waals surface area contributed by atoms with E-state index in [9.17, 15) is 18.0 Å². The molecular weight excluding hydrogens is 281 g/mol. The predicted octanol–water partition coefficient (Wildman–Crippen LogP) is 2.23. The van der Waals surface area contributed by atoms with Gasteiger partial charge in [0.05, 0.1) is 6.42 Å². The summed E-state index contributed by atoms with van der Waals surface area (Å²) in [6.45, 7) is 3.30. The summed E-state index contributed by atoms with van der Waals surface area (Å²) in [6.07, 6.45) is -5.37. The smallest absolute Gasteiger partial charge is 0.382 e. The molecule has 0 aromatic carbocycles. The summed E-state index contributed by atoms with van der Waals surface area (Å²) in [4.78, 5) is 15.7. The van der Waals surface area contributed by atoms with Crippen LogP contribution in [-0.2, 0) is 0 Å². The van der Waals surface area contributed by atoms with Crippen molar-refractivity contribution in [1.82, 2.24) is 10.3 Å². The SMILES string of the molecule is CC(C)Nc1nc(N)c(C(=O)NCCC(F)(F)F)s1. The zero-order valence-electron chi connectivity index (χ0n) is 10.5. The second kappa shape index (κ2) is 6.09. The number of carbonyl (C=O) groups excluding carboxylic acids is 1. The number of anilines is 2. The van der Waals surface area contributed by atoms with Crippen LogP contribution in [0, 0.1) is 0 Å².